The number of carbonyl (C=O) groups excluding carboxylic acids is 2. The molecule has 2 aromatic rings. The van der Waals surface area contributed by atoms with E-state index in [9.17, 15) is 14.0 Å². The van der Waals surface area contributed by atoms with E-state index in [1.807, 2.05) is 19.9 Å². The summed E-state index contributed by atoms with van der Waals surface area (Å²) in [5.74, 6) is -0.855. The molecule has 4 rings (SSSR count). The number of rotatable bonds is 8. The van der Waals surface area contributed by atoms with E-state index in [-0.39, 0.29) is 36.1 Å². The smallest absolute Gasteiger partial charge is 0.262 e. The summed E-state index contributed by atoms with van der Waals surface area (Å²) in [6.07, 6.45) is 0.520. The van der Waals surface area contributed by atoms with Gasteiger partial charge in [0.05, 0.1) is 25.0 Å². The van der Waals surface area contributed by atoms with Crippen molar-refractivity contribution in [2.75, 3.05) is 45.9 Å². The lowest BCUT2D eigenvalue weighted by Gasteiger charge is -2.31. The van der Waals surface area contributed by atoms with Crippen molar-refractivity contribution in [3.63, 3.8) is 0 Å². The van der Waals surface area contributed by atoms with Gasteiger partial charge in [-0.25, -0.2) is 9.40 Å². The van der Waals surface area contributed by atoms with Gasteiger partial charge in [-0.1, -0.05) is 38.1 Å². The highest BCUT2D eigenvalue weighted by atomic mass is 19.1. The number of ether oxygens (including phenoxy) is 1. The van der Waals surface area contributed by atoms with Crippen molar-refractivity contribution in [3.8, 4) is 0 Å². The van der Waals surface area contributed by atoms with Crippen LogP contribution in [0.4, 0.5) is 4.39 Å². The molecular weight excluding hydrogens is 471 g/mol. The predicted molar refractivity (Wildman–Crippen MR) is 142 cm³/mol. The summed E-state index contributed by atoms with van der Waals surface area (Å²) in [7, 11) is 0. The highest BCUT2D eigenvalue weighted by Crippen LogP contribution is 2.33. The Kier molecular flexibility index (Phi) is 8.71. The molecule has 198 valence electrons. The maximum atomic E-state index is 13.7. The zero-order chi connectivity index (χ0) is 26.5. The van der Waals surface area contributed by atoms with Crippen LogP contribution in [0, 0.1) is 25.6 Å². The van der Waals surface area contributed by atoms with E-state index in [0.717, 1.165) is 35.5 Å². The molecule has 0 unspecified atom stereocenters. The SMILES string of the molecule is Cc1ccc(C2=NN(C(=O)CN(CCN3CCOCC3)C(=O)C(C)C)[C@H](c3ccc(F)cc3)C2)cc1C. The summed E-state index contributed by atoms with van der Waals surface area (Å²) in [5.41, 5.74) is 4.93. The second-order valence-electron chi connectivity index (χ2n) is 10.2. The van der Waals surface area contributed by atoms with Crippen LogP contribution in [0.25, 0.3) is 0 Å². The fourth-order valence-electron chi connectivity index (χ4n) is 4.74. The maximum Gasteiger partial charge on any atom is 0.262 e. The van der Waals surface area contributed by atoms with Gasteiger partial charge < -0.3 is 9.64 Å². The first-order valence-electron chi connectivity index (χ1n) is 13.0. The summed E-state index contributed by atoms with van der Waals surface area (Å²) in [6.45, 7) is 11.9. The van der Waals surface area contributed by atoms with Crippen LogP contribution >= 0.6 is 0 Å². The van der Waals surface area contributed by atoms with Gasteiger partial charge in [-0.3, -0.25) is 14.5 Å². The molecule has 0 saturated carbocycles. The summed E-state index contributed by atoms with van der Waals surface area (Å²) < 4.78 is 19.1. The number of carbonyl (C=O) groups is 2. The Morgan fingerprint density at radius 1 is 1.08 bits per heavy atom. The van der Waals surface area contributed by atoms with Crippen LogP contribution in [0.5, 0.6) is 0 Å². The van der Waals surface area contributed by atoms with Gasteiger partial charge in [0.2, 0.25) is 5.91 Å². The molecule has 0 aromatic heterocycles. The molecule has 37 heavy (non-hydrogen) atoms. The van der Waals surface area contributed by atoms with Crippen LogP contribution < -0.4 is 0 Å². The van der Waals surface area contributed by atoms with Crippen molar-refractivity contribution in [1.29, 1.82) is 0 Å². The Morgan fingerprint density at radius 3 is 2.43 bits per heavy atom. The lowest BCUT2D eigenvalue weighted by Crippen LogP contribution is -2.47. The van der Waals surface area contributed by atoms with E-state index in [0.29, 0.717) is 32.7 Å². The molecule has 7 nitrogen and oxygen atoms in total. The van der Waals surface area contributed by atoms with Crippen molar-refractivity contribution >= 4 is 17.5 Å². The van der Waals surface area contributed by atoms with Gasteiger partial charge in [0.15, 0.2) is 0 Å². The third-order valence-electron chi connectivity index (χ3n) is 7.18. The van der Waals surface area contributed by atoms with E-state index in [2.05, 4.69) is 30.9 Å². The zero-order valence-corrected chi connectivity index (χ0v) is 22.2. The maximum absolute atomic E-state index is 13.7. The number of hydrogen-bond acceptors (Lipinski definition) is 5. The molecule has 0 aliphatic carbocycles. The van der Waals surface area contributed by atoms with Crippen LogP contribution in [0.1, 0.15) is 48.6 Å². The lowest BCUT2D eigenvalue weighted by molar-refractivity contribution is -0.143. The zero-order valence-electron chi connectivity index (χ0n) is 22.2. The predicted octanol–water partition coefficient (Wildman–Crippen LogP) is 3.94. The summed E-state index contributed by atoms with van der Waals surface area (Å²) in [6, 6.07) is 12.0. The second-order valence-corrected chi connectivity index (χ2v) is 10.2. The monoisotopic (exact) mass is 508 g/mol. The molecule has 1 saturated heterocycles. The van der Waals surface area contributed by atoms with Crippen LogP contribution in [-0.2, 0) is 14.3 Å². The Labute approximate surface area is 218 Å². The molecule has 2 aliphatic rings. The van der Waals surface area contributed by atoms with Gasteiger partial charge >= 0.3 is 0 Å². The molecule has 2 amide bonds. The van der Waals surface area contributed by atoms with Crippen molar-refractivity contribution in [2.45, 2.75) is 40.2 Å². The minimum absolute atomic E-state index is 0.0528. The molecule has 0 radical (unpaired) electrons. The van der Waals surface area contributed by atoms with Crippen molar-refractivity contribution in [3.05, 3.63) is 70.5 Å². The van der Waals surface area contributed by atoms with E-state index < -0.39 is 0 Å². The molecule has 2 aromatic carbocycles. The second kappa shape index (κ2) is 12.0. The van der Waals surface area contributed by atoms with E-state index >= 15 is 0 Å². The van der Waals surface area contributed by atoms with Gasteiger partial charge in [-0.2, -0.15) is 5.10 Å². The highest BCUT2D eigenvalue weighted by molar-refractivity contribution is 6.03. The highest BCUT2D eigenvalue weighted by Gasteiger charge is 2.35. The Balaban J connectivity index is 1.57. The number of aryl methyl sites for hydroxylation is 2. The molecular formula is C29H37FN4O3. The molecule has 1 fully saturated rings. The first kappa shape index (κ1) is 26.9. The number of morpholine rings is 1. The van der Waals surface area contributed by atoms with Crippen molar-refractivity contribution < 1.29 is 18.7 Å². The summed E-state index contributed by atoms with van der Waals surface area (Å²) in [5, 5.41) is 6.25. The molecule has 2 heterocycles. The van der Waals surface area contributed by atoms with Gasteiger partial charge in [-0.05, 0) is 54.3 Å². The average Bonchev–Trinajstić information content (AvgIpc) is 3.34. The van der Waals surface area contributed by atoms with Crippen LogP contribution in [0.3, 0.4) is 0 Å². The lowest BCUT2D eigenvalue weighted by atomic mass is 9.96. The van der Waals surface area contributed by atoms with Gasteiger partial charge in [0, 0.05) is 38.5 Å². The summed E-state index contributed by atoms with van der Waals surface area (Å²) >= 11 is 0. The normalized spacial score (nSPS) is 18.3. The van der Waals surface area contributed by atoms with Gasteiger partial charge in [-0.15, -0.1) is 0 Å². The first-order valence-corrected chi connectivity index (χ1v) is 13.0. The standard InChI is InChI=1S/C29H37FN4O3/c1-20(2)29(36)33(12-11-32-13-15-37-16-14-32)19-28(35)34-27(23-7-9-25(30)10-8-23)18-26(31-34)24-6-5-21(3)22(4)17-24/h5-10,17,20,27H,11-16,18-19H2,1-4H3/t27-/m0/s1. The van der Waals surface area contributed by atoms with Crippen LogP contribution in [0.15, 0.2) is 47.6 Å². The van der Waals surface area contributed by atoms with Crippen LogP contribution in [-0.4, -0.2) is 78.3 Å². The third kappa shape index (κ3) is 6.62. The minimum atomic E-state index is -0.361. The molecule has 0 spiro atoms. The average molecular weight is 509 g/mol. The first-order chi connectivity index (χ1) is 17.7. The minimum Gasteiger partial charge on any atom is -0.379 e. The number of nitrogens with zero attached hydrogens (tertiary/aromatic N) is 4. The summed E-state index contributed by atoms with van der Waals surface area (Å²) in [4.78, 5) is 30.6. The Hall–Kier alpha value is -3.10. The van der Waals surface area contributed by atoms with Crippen molar-refractivity contribution in [1.82, 2.24) is 14.8 Å². The van der Waals surface area contributed by atoms with Crippen LogP contribution in [0.2, 0.25) is 0 Å². The third-order valence-corrected chi connectivity index (χ3v) is 7.18. The number of amides is 2. The molecule has 8 heteroatoms. The Bertz CT molecular complexity index is 1140. The molecule has 0 bridgehead atoms. The number of hydrazone groups is 1. The van der Waals surface area contributed by atoms with Gasteiger partial charge in [0.1, 0.15) is 12.4 Å². The van der Waals surface area contributed by atoms with E-state index in [1.165, 1.54) is 22.7 Å². The number of halogens is 1. The topological polar surface area (TPSA) is 65.5 Å². The molecule has 1 atom stereocenters. The van der Waals surface area contributed by atoms with Gasteiger partial charge in [0.25, 0.3) is 5.91 Å². The molecule has 0 N–H and O–H groups in total. The quantitative estimate of drug-likeness (QED) is 0.542. The number of benzene rings is 2. The Morgan fingerprint density at radius 2 is 1.78 bits per heavy atom. The largest absolute Gasteiger partial charge is 0.379 e. The fraction of sp³-hybridized carbons (Fsp3) is 0.483. The number of hydrogen-bond donors (Lipinski definition) is 0. The van der Waals surface area contributed by atoms with Crippen molar-refractivity contribution in [2.24, 2.45) is 11.0 Å². The van der Waals surface area contributed by atoms with E-state index in [1.54, 1.807) is 17.0 Å². The molecule has 2 aliphatic heterocycles. The fourth-order valence-corrected chi connectivity index (χ4v) is 4.74. The van der Waals surface area contributed by atoms with E-state index in [4.69, 9.17) is 9.84 Å².